The highest BCUT2D eigenvalue weighted by molar-refractivity contribution is 7.99. The van der Waals surface area contributed by atoms with Crippen LogP contribution in [0.2, 0.25) is 0 Å². The van der Waals surface area contributed by atoms with Crippen molar-refractivity contribution in [1.29, 1.82) is 0 Å². The fourth-order valence-corrected chi connectivity index (χ4v) is 2.64. The van der Waals surface area contributed by atoms with E-state index in [2.05, 4.69) is 4.72 Å². The molecule has 52 valence electrons. The Balaban J connectivity index is 2.50. The Morgan fingerprint density at radius 3 is 3.30 bits per heavy atom. The maximum absolute atomic E-state index is 11.1. The second-order valence-electron chi connectivity index (χ2n) is 1.97. The molecule has 1 N–H and O–H groups in total. The summed E-state index contributed by atoms with van der Waals surface area (Å²) in [6, 6.07) is 1.89. The number of thiophene rings is 1. The minimum Gasteiger partial charge on any atom is -0.293 e. The SMILES string of the molecule is O=C1CNSc2sccc21. The number of carbonyl (C=O) groups excluding carboxylic acids is 1. The van der Waals surface area contributed by atoms with E-state index in [0.717, 1.165) is 9.77 Å². The molecule has 2 rings (SSSR count). The van der Waals surface area contributed by atoms with Crippen LogP contribution >= 0.6 is 23.3 Å². The van der Waals surface area contributed by atoms with Gasteiger partial charge in [0.15, 0.2) is 5.78 Å². The van der Waals surface area contributed by atoms with Crippen LogP contribution in [0.5, 0.6) is 0 Å². The minimum atomic E-state index is 0.204. The van der Waals surface area contributed by atoms with Crippen molar-refractivity contribution in [3.63, 3.8) is 0 Å². The van der Waals surface area contributed by atoms with Crippen molar-refractivity contribution >= 4 is 29.1 Å². The highest BCUT2D eigenvalue weighted by Gasteiger charge is 2.17. The van der Waals surface area contributed by atoms with Crippen LogP contribution in [0.3, 0.4) is 0 Å². The third-order valence-electron chi connectivity index (χ3n) is 1.33. The smallest absolute Gasteiger partial charge is 0.179 e. The predicted octanol–water partition coefficient (Wildman–Crippen LogP) is 1.54. The van der Waals surface area contributed by atoms with Gasteiger partial charge < -0.3 is 0 Å². The van der Waals surface area contributed by atoms with Crippen LogP contribution in [0.15, 0.2) is 15.7 Å². The second-order valence-corrected chi connectivity index (χ2v) is 4.04. The molecule has 1 aliphatic heterocycles. The lowest BCUT2D eigenvalue weighted by Gasteiger charge is -2.08. The van der Waals surface area contributed by atoms with Crippen LogP contribution in [0, 0.1) is 0 Å². The van der Waals surface area contributed by atoms with Gasteiger partial charge in [0.25, 0.3) is 0 Å². The fourth-order valence-electron chi connectivity index (χ4n) is 0.844. The Morgan fingerprint density at radius 1 is 1.60 bits per heavy atom. The van der Waals surface area contributed by atoms with E-state index in [1.165, 1.54) is 0 Å². The lowest BCUT2D eigenvalue weighted by atomic mass is 10.2. The highest BCUT2D eigenvalue weighted by Crippen LogP contribution is 2.29. The third-order valence-corrected chi connectivity index (χ3v) is 3.27. The molecule has 0 radical (unpaired) electrons. The Bertz CT molecular complexity index is 268. The molecule has 0 saturated heterocycles. The first-order valence-electron chi connectivity index (χ1n) is 2.88. The first kappa shape index (κ1) is 6.39. The average Bonchev–Trinajstić information content (AvgIpc) is 2.36. The van der Waals surface area contributed by atoms with Crippen LogP contribution in [0.25, 0.3) is 0 Å². The zero-order chi connectivity index (χ0) is 6.97. The van der Waals surface area contributed by atoms with E-state index in [1.54, 1.807) is 23.3 Å². The largest absolute Gasteiger partial charge is 0.293 e. The van der Waals surface area contributed by atoms with Gasteiger partial charge in [0.2, 0.25) is 0 Å². The molecule has 10 heavy (non-hydrogen) atoms. The van der Waals surface area contributed by atoms with E-state index in [1.807, 2.05) is 11.4 Å². The van der Waals surface area contributed by atoms with Gasteiger partial charge in [0.1, 0.15) is 0 Å². The van der Waals surface area contributed by atoms with Crippen LogP contribution < -0.4 is 4.72 Å². The van der Waals surface area contributed by atoms with Crippen molar-refractivity contribution < 1.29 is 4.79 Å². The minimum absolute atomic E-state index is 0.204. The molecule has 0 saturated carbocycles. The average molecular weight is 171 g/mol. The number of hydrogen-bond acceptors (Lipinski definition) is 4. The summed E-state index contributed by atoms with van der Waals surface area (Å²) in [6.07, 6.45) is 0. The Labute approximate surface area is 66.8 Å². The Morgan fingerprint density at radius 2 is 2.50 bits per heavy atom. The summed E-state index contributed by atoms with van der Waals surface area (Å²) in [5.41, 5.74) is 0.883. The molecule has 1 aromatic heterocycles. The first-order chi connectivity index (χ1) is 4.88. The van der Waals surface area contributed by atoms with E-state index in [9.17, 15) is 4.79 Å². The molecular weight excluding hydrogens is 166 g/mol. The van der Waals surface area contributed by atoms with Crippen molar-refractivity contribution in [2.45, 2.75) is 4.21 Å². The lowest BCUT2D eigenvalue weighted by Crippen LogP contribution is -2.21. The molecule has 0 atom stereocenters. The lowest BCUT2D eigenvalue weighted by molar-refractivity contribution is 0.0994. The normalized spacial score (nSPS) is 17.0. The van der Waals surface area contributed by atoms with Gasteiger partial charge in [-0.3, -0.25) is 9.52 Å². The van der Waals surface area contributed by atoms with Gasteiger partial charge in [-0.15, -0.1) is 11.3 Å². The van der Waals surface area contributed by atoms with Crippen molar-refractivity contribution in [2.24, 2.45) is 0 Å². The van der Waals surface area contributed by atoms with Crippen molar-refractivity contribution in [3.05, 3.63) is 17.0 Å². The number of fused-ring (bicyclic) bond motifs is 1. The summed E-state index contributed by atoms with van der Waals surface area (Å²) in [5.74, 6) is 0.204. The molecule has 1 aliphatic rings. The predicted molar refractivity (Wildman–Crippen MR) is 42.5 cm³/mol. The number of nitrogens with one attached hydrogen (secondary N) is 1. The molecule has 0 bridgehead atoms. The summed E-state index contributed by atoms with van der Waals surface area (Å²) < 4.78 is 4.05. The van der Waals surface area contributed by atoms with E-state index >= 15 is 0 Å². The summed E-state index contributed by atoms with van der Waals surface area (Å²) in [5, 5.41) is 1.95. The molecule has 0 aromatic carbocycles. The molecule has 0 unspecified atom stereocenters. The van der Waals surface area contributed by atoms with Crippen molar-refractivity contribution in [3.8, 4) is 0 Å². The molecule has 2 nitrogen and oxygen atoms in total. The molecule has 4 heteroatoms. The number of Topliss-reactive ketones (excluding diaryl/α,β-unsaturated/α-hetero) is 1. The first-order valence-corrected chi connectivity index (χ1v) is 4.58. The standard InChI is InChI=1S/C6H5NOS2/c8-5-3-7-10-6-4(5)1-2-9-6/h1-2,7H,3H2. The van der Waals surface area contributed by atoms with Gasteiger partial charge in [-0.1, -0.05) is 0 Å². The van der Waals surface area contributed by atoms with Gasteiger partial charge in [-0.2, -0.15) is 0 Å². The van der Waals surface area contributed by atoms with Gasteiger partial charge in [-0.25, -0.2) is 0 Å². The molecule has 1 aromatic rings. The topological polar surface area (TPSA) is 29.1 Å². The van der Waals surface area contributed by atoms with Gasteiger partial charge in [0, 0.05) is 5.56 Å². The Kier molecular flexibility index (Phi) is 1.52. The molecule has 0 aliphatic carbocycles. The van der Waals surface area contributed by atoms with Crippen LogP contribution in [-0.4, -0.2) is 12.3 Å². The summed E-state index contributed by atoms with van der Waals surface area (Å²) >= 11 is 3.16. The summed E-state index contributed by atoms with van der Waals surface area (Å²) in [7, 11) is 0. The van der Waals surface area contributed by atoms with Gasteiger partial charge in [0.05, 0.1) is 10.8 Å². The molecule has 0 spiro atoms. The van der Waals surface area contributed by atoms with Crippen LogP contribution in [0.4, 0.5) is 0 Å². The van der Waals surface area contributed by atoms with Gasteiger partial charge >= 0.3 is 0 Å². The molecule has 0 fully saturated rings. The van der Waals surface area contributed by atoms with Crippen LogP contribution in [-0.2, 0) is 0 Å². The van der Waals surface area contributed by atoms with E-state index in [0.29, 0.717) is 6.54 Å². The Hall–Kier alpha value is -0.320. The maximum Gasteiger partial charge on any atom is 0.179 e. The fraction of sp³-hybridized carbons (Fsp3) is 0.167. The second kappa shape index (κ2) is 2.38. The number of carbonyl (C=O) groups is 1. The van der Waals surface area contributed by atoms with Crippen molar-refractivity contribution in [1.82, 2.24) is 4.72 Å². The summed E-state index contributed by atoms with van der Waals surface area (Å²) in [6.45, 7) is 0.467. The summed E-state index contributed by atoms with van der Waals surface area (Å²) in [4.78, 5) is 11.1. The van der Waals surface area contributed by atoms with E-state index in [4.69, 9.17) is 0 Å². The third kappa shape index (κ3) is 0.885. The zero-order valence-corrected chi connectivity index (χ0v) is 6.72. The van der Waals surface area contributed by atoms with E-state index in [-0.39, 0.29) is 5.78 Å². The maximum atomic E-state index is 11.1. The van der Waals surface area contributed by atoms with E-state index < -0.39 is 0 Å². The zero-order valence-electron chi connectivity index (χ0n) is 5.09. The monoisotopic (exact) mass is 171 g/mol. The number of ketones is 1. The van der Waals surface area contributed by atoms with Crippen molar-refractivity contribution in [2.75, 3.05) is 6.54 Å². The number of rotatable bonds is 0. The molecule has 0 amide bonds. The molecular formula is C6H5NOS2. The van der Waals surface area contributed by atoms with Crippen LogP contribution in [0.1, 0.15) is 10.4 Å². The highest BCUT2D eigenvalue weighted by atomic mass is 32.2. The number of hydrogen-bond donors (Lipinski definition) is 1. The molecule has 2 heterocycles. The van der Waals surface area contributed by atoms with Gasteiger partial charge in [-0.05, 0) is 23.4 Å². The quantitative estimate of drug-likeness (QED) is 0.600.